The van der Waals surface area contributed by atoms with Crippen molar-refractivity contribution in [2.24, 2.45) is 0 Å². The molecule has 6 nitrogen and oxygen atoms in total. The maximum absolute atomic E-state index is 13.0. The van der Waals surface area contributed by atoms with Gasteiger partial charge in [0.25, 0.3) is 12.3 Å². The summed E-state index contributed by atoms with van der Waals surface area (Å²) in [4.78, 5) is 18.8. The van der Waals surface area contributed by atoms with E-state index in [-0.39, 0.29) is 23.7 Å². The van der Waals surface area contributed by atoms with Gasteiger partial charge in [-0.3, -0.25) is 4.79 Å². The second kappa shape index (κ2) is 7.14. The quantitative estimate of drug-likeness (QED) is 0.679. The van der Waals surface area contributed by atoms with Crippen molar-refractivity contribution >= 4 is 11.6 Å². The zero-order valence-electron chi connectivity index (χ0n) is 16.3. The number of likely N-dealkylation sites (tertiary alicyclic amines) is 1. The van der Waals surface area contributed by atoms with E-state index in [9.17, 15) is 18.7 Å². The van der Waals surface area contributed by atoms with E-state index < -0.39 is 18.1 Å². The van der Waals surface area contributed by atoms with Crippen molar-refractivity contribution in [2.45, 2.75) is 37.5 Å². The van der Waals surface area contributed by atoms with E-state index in [0.29, 0.717) is 25.2 Å². The number of nitrogens with zero attached hydrogens (tertiary/aromatic N) is 3. The fraction of sp³-hybridized carbons (Fsp3) is 0.364. The molecule has 0 radical (unpaired) electrons. The molecule has 8 heteroatoms. The number of halogens is 2. The molecule has 2 atom stereocenters. The fourth-order valence-corrected chi connectivity index (χ4v) is 4.55. The molecule has 2 aliphatic rings. The third kappa shape index (κ3) is 3.16. The van der Waals surface area contributed by atoms with Crippen LogP contribution in [0, 0.1) is 0 Å². The number of benzene rings is 1. The highest BCUT2D eigenvalue weighted by atomic mass is 19.3. The Hall–Kier alpha value is -2.84. The van der Waals surface area contributed by atoms with Gasteiger partial charge < -0.3 is 19.7 Å². The number of piperidine rings is 1. The number of nitrogens with one attached hydrogen (secondary N) is 1. The molecule has 1 amide bonds. The van der Waals surface area contributed by atoms with Gasteiger partial charge in [-0.1, -0.05) is 24.3 Å². The molecule has 3 aromatic rings. The normalized spacial score (nSPS) is 23.9. The van der Waals surface area contributed by atoms with Gasteiger partial charge in [0, 0.05) is 37.6 Å². The minimum absolute atomic E-state index is 0.127. The summed E-state index contributed by atoms with van der Waals surface area (Å²) in [5.41, 5.74) is 2.51. The Morgan fingerprint density at radius 3 is 2.77 bits per heavy atom. The monoisotopic (exact) mass is 412 g/mol. The summed E-state index contributed by atoms with van der Waals surface area (Å²) in [5.74, 6) is -0.303. The molecule has 0 aliphatic carbocycles. The molecular formula is C22H22F2N4O2. The van der Waals surface area contributed by atoms with Crippen LogP contribution >= 0.6 is 0 Å². The third-order valence-electron chi connectivity index (χ3n) is 6.35. The number of fused-ring (bicyclic) bond motifs is 2. The van der Waals surface area contributed by atoms with Crippen LogP contribution in [-0.2, 0) is 13.0 Å². The first-order valence-electron chi connectivity index (χ1n) is 10.0. The SMILES string of the molecule is O=C(c1cn2cc(C(F)F)ccc2n1)N1CC[C@]2(Cc3ccccc3CN2)[C@H](O)C1. The molecule has 1 saturated heterocycles. The minimum atomic E-state index is -2.59. The number of hydrogen-bond acceptors (Lipinski definition) is 4. The Morgan fingerprint density at radius 1 is 1.20 bits per heavy atom. The van der Waals surface area contributed by atoms with Crippen LogP contribution in [0.3, 0.4) is 0 Å². The van der Waals surface area contributed by atoms with Gasteiger partial charge in [-0.25, -0.2) is 13.8 Å². The summed E-state index contributed by atoms with van der Waals surface area (Å²) >= 11 is 0. The summed E-state index contributed by atoms with van der Waals surface area (Å²) in [6.07, 6.45) is 0.792. The number of carbonyl (C=O) groups excluding carboxylic acids is 1. The van der Waals surface area contributed by atoms with Crippen molar-refractivity contribution in [3.8, 4) is 0 Å². The van der Waals surface area contributed by atoms with Crippen LogP contribution in [0.25, 0.3) is 5.65 Å². The number of hydrogen-bond donors (Lipinski definition) is 2. The molecule has 2 aliphatic heterocycles. The number of aliphatic hydroxyl groups excluding tert-OH is 1. The fourth-order valence-electron chi connectivity index (χ4n) is 4.55. The molecule has 1 spiro atoms. The maximum atomic E-state index is 13.0. The number of pyridine rings is 1. The molecular weight excluding hydrogens is 390 g/mol. The molecule has 4 heterocycles. The minimum Gasteiger partial charge on any atom is -0.389 e. The lowest BCUT2D eigenvalue weighted by molar-refractivity contribution is -0.0140. The van der Waals surface area contributed by atoms with Gasteiger partial charge in [-0.2, -0.15) is 0 Å². The molecule has 0 bridgehead atoms. The first-order chi connectivity index (χ1) is 14.4. The van der Waals surface area contributed by atoms with Crippen molar-refractivity contribution in [1.29, 1.82) is 0 Å². The van der Waals surface area contributed by atoms with Gasteiger partial charge in [-0.15, -0.1) is 0 Å². The van der Waals surface area contributed by atoms with E-state index in [0.717, 1.165) is 6.42 Å². The van der Waals surface area contributed by atoms with E-state index >= 15 is 0 Å². The smallest absolute Gasteiger partial charge is 0.274 e. The average Bonchev–Trinajstić information content (AvgIpc) is 3.18. The summed E-state index contributed by atoms with van der Waals surface area (Å²) in [6, 6.07) is 11.0. The Labute approximate surface area is 172 Å². The Balaban J connectivity index is 1.33. The number of β-amino-alcohol motifs (C(OH)–C–C–N with tert-alkyl or cyclic N) is 1. The zero-order valence-corrected chi connectivity index (χ0v) is 16.3. The van der Waals surface area contributed by atoms with Gasteiger partial charge in [-0.05, 0) is 36.1 Å². The molecule has 30 heavy (non-hydrogen) atoms. The third-order valence-corrected chi connectivity index (χ3v) is 6.35. The van der Waals surface area contributed by atoms with E-state index in [1.165, 1.54) is 40.1 Å². The van der Waals surface area contributed by atoms with Crippen molar-refractivity contribution < 1.29 is 18.7 Å². The van der Waals surface area contributed by atoms with Crippen LogP contribution < -0.4 is 5.32 Å². The van der Waals surface area contributed by atoms with Crippen LogP contribution in [0.1, 0.15) is 40.0 Å². The lowest BCUT2D eigenvalue weighted by Crippen LogP contribution is -2.65. The van der Waals surface area contributed by atoms with E-state index in [4.69, 9.17) is 0 Å². The van der Waals surface area contributed by atoms with Crippen molar-refractivity contribution in [2.75, 3.05) is 13.1 Å². The van der Waals surface area contributed by atoms with Crippen LogP contribution in [0.15, 0.2) is 48.8 Å². The number of alkyl halides is 2. The molecule has 1 fully saturated rings. The second-order valence-electron chi connectivity index (χ2n) is 8.13. The predicted molar refractivity (Wildman–Crippen MR) is 106 cm³/mol. The van der Waals surface area contributed by atoms with E-state index in [1.54, 1.807) is 4.90 Å². The van der Waals surface area contributed by atoms with E-state index in [1.807, 2.05) is 12.1 Å². The number of carbonyl (C=O) groups is 1. The predicted octanol–water partition coefficient (Wildman–Crippen LogP) is 2.56. The number of amides is 1. The lowest BCUT2D eigenvalue weighted by atomic mass is 9.76. The maximum Gasteiger partial charge on any atom is 0.274 e. The van der Waals surface area contributed by atoms with Gasteiger partial charge in [0.05, 0.1) is 11.6 Å². The largest absolute Gasteiger partial charge is 0.389 e. The average molecular weight is 412 g/mol. The van der Waals surface area contributed by atoms with Crippen LogP contribution in [-0.4, -0.2) is 50.0 Å². The zero-order chi connectivity index (χ0) is 20.9. The molecule has 2 N–H and O–H groups in total. The Morgan fingerprint density at radius 2 is 2.00 bits per heavy atom. The molecule has 156 valence electrons. The highest BCUT2D eigenvalue weighted by Crippen LogP contribution is 2.32. The second-order valence-corrected chi connectivity index (χ2v) is 8.13. The van der Waals surface area contributed by atoms with Gasteiger partial charge >= 0.3 is 0 Å². The molecule has 0 unspecified atom stereocenters. The molecule has 2 aromatic heterocycles. The Kier molecular flexibility index (Phi) is 4.56. The summed E-state index contributed by atoms with van der Waals surface area (Å²) in [7, 11) is 0. The topological polar surface area (TPSA) is 69.9 Å². The Bertz CT molecular complexity index is 1120. The number of aliphatic hydroxyl groups is 1. The first-order valence-corrected chi connectivity index (χ1v) is 10.0. The lowest BCUT2D eigenvalue weighted by Gasteiger charge is -2.48. The van der Waals surface area contributed by atoms with Crippen molar-refractivity contribution in [3.63, 3.8) is 0 Å². The molecule has 0 saturated carbocycles. The number of imidazole rings is 1. The standard InChI is InChI=1S/C22H22F2N4O2/c23-20(24)16-5-6-19-26-17(12-28(19)11-16)21(30)27-8-7-22(18(29)13-27)9-14-3-1-2-4-15(14)10-25-22/h1-6,11-12,18,20,25,29H,7-10,13H2/t18-,22+/m1/s1. The van der Waals surface area contributed by atoms with Gasteiger partial charge in [0.2, 0.25) is 0 Å². The highest BCUT2D eigenvalue weighted by Gasteiger charge is 2.45. The van der Waals surface area contributed by atoms with Gasteiger partial charge in [0.1, 0.15) is 11.3 Å². The summed E-state index contributed by atoms with van der Waals surface area (Å²) in [5, 5.41) is 14.4. The van der Waals surface area contributed by atoms with Crippen molar-refractivity contribution in [1.82, 2.24) is 19.6 Å². The van der Waals surface area contributed by atoms with Crippen molar-refractivity contribution in [3.05, 3.63) is 71.2 Å². The first kappa shape index (κ1) is 19.1. The van der Waals surface area contributed by atoms with E-state index in [2.05, 4.69) is 22.4 Å². The number of rotatable bonds is 2. The molecule has 1 aromatic carbocycles. The molecule has 5 rings (SSSR count). The number of aromatic nitrogens is 2. The van der Waals surface area contributed by atoms with Crippen LogP contribution in [0.5, 0.6) is 0 Å². The summed E-state index contributed by atoms with van der Waals surface area (Å²) < 4.78 is 27.3. The van der Waals surface area contributed by atoms with Crippen LogP contribution in [0.2, 0.25) is 0 Å². The highest BCUT2D eigenvalue weighted by molar-refractivity contribution is 5.93. The van der Waals surface area contributed by atoms with Gasteiger partial charge in [0.15, 0.2) is 0 Å². The summed E-state index contributed by atoms with van der Waals surface area (Å²) in [6.45, 7) is 1.38. The van der Waals surface area contributed by atoms with Crippen LogP contribution in [0.4, 0.5) is 8.78 Å².